The molecule has 0 amide bonds. The zero-order valence-corrected chi connectivity index (χ0v) is 13.1. The van der Waals surface area contributed by atoms with E-state index in [-0.39, 0.29) is 12.6 Å². The van der Waals surface area contributed by atoms with Crippen molar-refractivity contribution in [3.63, 3.8) is 0 Å². The van der Waals surface area contributed by atoms with Gasteiger partial charge in [-0.2, -0.15) is 4.98 Å². The summed E-state index contributed by atoms with van der Waals surface area (Å²) in [6.07, 6.45) is 0. The van der Waals surface area contributed by atoms with Gasteiger partial charge in [-0.1, -0.05) is 29.4 Å². The molecule has 1 aliphatic rings. The second-order valence-electron chi connectivity index (χ2n) is 5.89. The molecule has 0 bridgehead atoms. The first-order chi connectivity index (χ1) is 10.7. The minimum absolute atomic E-state index is 0.0907. The summed E-state index contributed by atoms with van der Waals surface area (Å²) in [5.41, 5.74) is 2.20. The number of nitrogens with zero attached hydrogens (tertiary/aromatic N) is 4. The molecule has 118 valence electrons. The van der Waals surface area contributed by atoms with Crippen LogP contribution >= 0.6 is 0 Å². The summed E-state index contributed by atoms with van der Waals surface area (Å²) in [6, 6.07) is 8.26. The zero-order chi connectivity index (χ0) is 15.5. The van der Waals surface area contributed by atoms with Gasteiger partial charge in [0.05, 0.1) is 6.61 Å². The van der Waals surface area contributed by atoms with Crippen molar-refractivity contribution in [2.75, 3.05) is 26.7 Å². The van der Waals surface area contributed by atoms with Gasteiger partial charge in [0.1, 0.15) is 6.04 Å². The summed E-state index contributed by atoms with van der Waals surface area (Å²) < 4.78 is 5.35. The van der Waals surface area contributed by atoms with E-state index in [1.54, 1.807) is 0 Å². The average molecular weight is 302 g/mol. The number of aliphatic hydroxyl groups excluding tert-OH is 1. The average Bonchev–Trinajstić information content (AvgIpc) is 2.96. The normalized spacial score (nSPS) is 20.4. The van der Waals surface area contributed by atoms with Crippen molar-refractivity contribution in [1.82, 2.24) is 19.9 Å². The van der Waals surface area contributed by atoms with Crippen LogP contribution in [0.2, 0.25) is 0 Å². The van der Waals surface area contributed by atoms with Crippen molar-refractivity contribution < 1.29 is 9.63 Å². The Morgan fingerprint density at radius 3 is 2.59 bits per heavy atom. The number of aromatic nitrogens is 2. The minimum atomic E-state index is 0.0907. The van der Waals surface area contributed by atoms with Crippen LogP contribution in [0, 0.1) is 6.92 Å². The second-order valence-corrected chi connectivity index (χ2v) is 5.89. The Labute approximate surface area is 130 Å². The summed E-state index contributed by atoms with van der Waals surface area (Å²) in [6.45, 7) is 5.69. The Balaban J connectivity index is 1.67. The van der Waals surface area contributed by atoms with Crippen LogP contribution in [0.25, 0.3) is 0 Å². The molecule has 0 saturated carbocycles. The SMILES string of the molecule is Cc1noc(C2CN(Cc3ccc(CO)cc3)CCN2C)n1. The van der Waals surface area contributed by atoms with Crippen LogP contribution in [0.5, 0.6) is 0 Å². The van der Waals surface area contributed by atoms with Crippen molar-refractivity contribution in [3.05, 3.63) is 47.1 Å². The van der Waals surface area contributed by atoms with E-state index in [9.17, 15) is 0 Å². The molecule has 0 radical (unpaired) electrons. The van der Waals surface area contributed by atoms with Gasteiger partial charge in [0, 0.05) is 26.2 Å². The highest BCUT2D eigenvalue weighted by molar-refractivity contribution is 5.22. The first-order valence-electron chi connectivity index (χ1n) is 7.57. The van der Waals surface area contributed by atoms with E-state index in [0.29, 0.717) is 11.7 Å². The van der Waals surface area contributed by atoms with Gasteiger partial charge >= 0.3 is 0 Å². The van der Waals surface area contributed by atoms with Crippen LogP contribution < -0.4 is 0 Å². The standard InChI is InChI=1S/C16H22N4O2/c1-12-17-16(22-18-12)15-10-20(8-7-19(15)2)9-13-3-5-14(11-21)6-4-13/h3-6,15,21H,7-11H2,1-2H3. The van der Waals surface area contributed by atoms with Crippen LogP contribution in [0.15, 0.2) is 28.8 Å². The van der Waals surface area contributed by atoms with Crippen molar-refractivity contribution in [2.24, 2.45) is 0 Å². The van der Waals surface area contributed by atoms with E-state index in [2.05, 4.69) is 39.1 Å². The molecule has 1 saturated heterocycles. The number of hydrogen-bond donors (Lipinski definition) is 1. The molecule has 1 unspecified atom stereocenters. The molecule has 1 aromatic carbocycles. The van der Waals surface area contributed by atoms with E-state index >= 15 is 0 Å². The predicted octanol–water partition coefficient (Wildman–Crippen LogP) is 1.36. The second kappa shape index (κ2) is 6.56. The number of likely N-dealkylation sites (N-methyl/N-ethyl adjacent to an activating group) is 1. The molecule has 1 aromatic heterocycles. The molecule has 1 fully saturated rings. The maximum atomic E-state index is 9.10. The molecule has 0 spiro atoms. The lowest BCUT2D eigenvalue weighted by Gasteiger charge is -2.37. The fraction of sp³-hybridized carbons (Fsp3) is 0.500. The molecule has 2 aromatic rings. The van der Waals surface area contributed by atoms with E-state index < -0.39 is 0 Å². The summed E-state index contributed by atoms with van der Waals surface area (Å²) >= 11 is 0. The fourth-order valence-corrected chi connectivity index (χ4v) is 2.80. The topological polar surface area (TPSA) is 65.6 Å². The third kappa shape index (κ3) is 3.35. The summed E-state index contributed by atoms with van der Waals surface area (Å²) in [5.74, 6) is 1.38. The molecule has 6 heteroatoms. The molecule has 1 atom stereocenters. The Morgan fingerprint density at radius 1 is 1.23 bits per heavy atom. The fourth-order valence-electron chi connectivity index (χ4n) is 2.80. The van der Waals surface area contributed by atoms with E-state index in [1.807, 2.05) is 19.1 Å². The summed E-state index contributed by atoms with van der Waals surface area (Å²) in [7, 11) is 2.09. The van der Waals surface area contributed by atoms with Gasteiger partial charge in [-0.05, 0) is 25.1 Å². The van der Waals surface area contributed by atoms with Crippen LogP contribution in [0.1, 0.15) is 28.9 Å². The first-order valence-corrected chi connectivity index (χ1v) is 7.57. The van der Waals surface area contributed by atoms with Crippen molar-refractivity contribution >= 4 is 0 Å². The van der Waals surface area contributed by atoms with Crippen LogP contribution in [0.4, 0.5) is 0 Å². The highest BCUT2D eigenvalue weighted by Gasteiger charge is 2.29. The highest BCUT2D eigenvalue weighted by atomic mass is 16.5. The Bertz CT molecular complexity index is 611. The number of piperazine rings is 1. The summed E-state index contributed by atoms with van der Waals surface area (Å²) in [4.78, 5) is 9.04. The molecular weight excluding hydrogens is 280 g/mol. The van der Waals surface area contributed by atoms with Gasteiger partial charge in [-0.3, -0.25) is 9.80 Å². The Kier molecular flexibility index (Phi) is 4.52. The van der Waals surface area contributed by atoms with Crippen molar-refractivity contribution in [3.8, 4) is 0 Å². The molecular formula is C16H22N4O2. The molecule has 6 nitrogen and oxygen atoms in total. The summed E-state index contributed by atoms with van der Waals surface area (Å²) in [5, 5.41) is 13.0. The minimum Gasteiger partial charge on any atom is -0.392 e. The monoisotopic (exact) mass is 302 g/mol. The van der Waals surface area contributed by atoms with E-state index in [4.69, 9.17) is 9.63 Å². The number of benzene rings is 1. The lowest BCUT2D eigenvalue weighted by Crippen LogP contribution is -2.46. The zero-order valence-electron chi connectivity index (χ0n) is 13.1. The van der Waals surface area contributed by atoms with Crippen LogP contribution in [0.3, 0.4) is 0 Å². The van der Waals surface area contributed by atoms with E-state index in [1.165, 1.54) is 5.56 Å². The van der Waals surface area contributed by atoms with Crippen molar-refractivity contribution in [2.45, 2.75) is 26.1 Å². The Hall–Kier alpha value is -1.76. The maximum Gasteiger partial charge on any atom is 0.245 e. The van der Waals surface area contributed by atoms with Crippen LogP contribution in [-0.2, 0) is 13.2 Å². The molecule has 3 rings (SSSR count). The largest absolute Gasteiger partial charge is 0.392 e. The van der Waals surface area contributed by atoms with Gasteiger partial charge in [0.2, 0.25) is 5.89 Å². The number of aliphatic hydroxyl groups is 1. The molecule has 2 heterocycles. The number of rotatable bonds is 4. The molecule has 1 aliphatic heterocycles. The first kappa shape index (κ1) is 15.1. The molecule has 22 heavy (non-hydrogen) atoms. The van der Waals surface area contributed by atoms with E-state index in [0.717, 1.165) is 31.7 Å². The van der Waals surface area contributed by atoms with Gasteiger partial charge < -0.3 is 9.63 Å². The number of hydrogen-bond acceptors (Lipinski definition) is 6. The highest BCUT2D eigenvalue weighted by Crippen LogP contribution is 2.23. The third-order valence-electron chi connectivity index (χ3n) is 4.17. The third-order valence-corrected chi connectivity index (χ3v) is 4.17. The maximum absolute atomic E-state index is 9.10. The van der Waals surface area contributed by atoms with Gasteiger partial charge in [0.15, 0.2) is 5.82 Å². The van der Waals surface area contributed by atoms with Gasteiger partial charge in [0.25, 0.3) is 0 Å². The lowest BCUT2D eigenvalue weighted by molar-refractivity contribution is 0.0714. The van der Waals surface area contributed by atoms with Crippen molar-refractivity contribution in [1.29, 1.82) is 0 Å². The van der Waals surface area contributed by atoms with Gasteiger partial charge in [-0.15, -0.1) is 0 Å². The Morgan fingerprint density at radius 2 is 1.95 bits per heavy atom. The van der Waals surface area contributed by atoms with Gasteiger partial charge in [-0.25, -0.2) is 0 Å². The predicted molar refractivity (Wildman–Crippen MR) is 82.0 cm³/mol. The number of aryl methyl sites for hydroxylation is 1. The molecule has 1 N–H and O–H groups in total. The van der Waals surface area contributed by atoms with Crippen LogP contribution in [-0.4, -0.2) is 51.7 Å². The lowest BCUT2D eigenvalue weighted by atomic mass is 10.1. The quantitative estimate of drug-likeness (QED) is 0.920. The molecule has 0 aliphatic carbocycles. The smallest absolute Gasteiger partial charge is 0.245 e.